The van der Waals surface area contributed by atoms with E-state index in [9.17, 15) is 4.39 Å². The summed E-state index contributed by atoms with van der Waals surface area (Å²) in [5, 5.41) is 7.91. The molecule has 1 N–H and O–H groups in total. The van der Waals surface area contributed by atoms with Crippen molar-refractivity contribution in [2.45, 2.75) is 26.4 Å². The van der Waals surface area contributed by atoms with Gasteiger partial charge in [0, 0.05) is 45.4 Å². The van der Waals surface area contributed by atoms with E-state index in [2.05, 4.69) is 15.3 Å². The summed E-state index contributed by atoms with van der Waals surface area (Å²) in [6.45, 7) is 5.24. The van der Waals surface area contributed by atoms with Crippen molar-refractivity contribution in [3.8, 4) is 5.75 Å². The minimum Gasteiger partial charge on any atom is -0.492 e. The van der Waals surface area contributed by atoms with Crippen LogP contribution in [0, 0.1) is 12.7 Å². The van der Waals surface area contributed by atoms with Crippen molar-refractivity contribution < 1.29 is 9.13 Å². The van der Waals surface area contributed by atoms with Gasteiger partial charge in [0.25, 0.3) is 0 Å². The minimum atomic E-state index is -0.287. The first-order valence-corrected chi connectivity index (χ1v) is 7.70. The van der Waals surface area contributed by atoms with Gasteiger partial charge in [-0.1, -0.05) is 6.07 Å². The lowest BCUT2D eigenvalue weighted by atomic mass is 10.2. The zero-order valence-corrected chi connectivity index (χ0v) is 14.4. The van der Waals surface area contributed by atoms with Crippen LogP contribution >= 0.6 is 0 Å². The number of nitrogens with zero attached hydrogens (tertiary/aromatic N) is 3. The maximum absolute atomic E-state index is 13.1. The van der Waals surface area contributed by atoms with Gasteiger partial charge in [-0.05, 0) is 26.0 Å². The highest BCUT2D eigenvalue weighted by molar-refractivity contribution is 5.48. The molecule has 0 radical (unpaired) electrons. The van der Waals surface area contributed by atoms with Crippen LogP contribution in [0.4, 0.5) is 10.2 Å². The summed E-state index contributed by atoms with van der Waals surface area (Å²) >= 11 is 0. The summed E-state index contributed by atoms with van der Waals surface area (Å²) in [5.74, 6) is 1.35. The topological polar surface area (TPSA) is 42.3 Å². The monoisotopic (exact) mass is 320 g/mol. The third-order valence-electron chi connectivity index (χ3n) is 3.66. The van der Waals surface area contributed by atoms with Crippen LogP contribution in [0.3, 0.4) is 0 Å². The number of benzene rings is 1. The Morgan fingerprint density at radius 2 is 2.13 bits per heavy atom. The molecule has 0 fully saturated rings. The van der Waals surface area contributed by atoms with Crippen LogP contribution in [0.2, 0.25) is 0 Å². The molecule has 0 aliphatic rings. The average Bonchev–Trinajstić information content (AvgIpc) is 2.77. The third-order valence-corrected chi connectivity index (χ3v) is 3.66. The second kappa shape index (κ2) is 7.46. The average molecular weight is 320 g/mol. The van der Waals surface area contributed by atoms with E-state index in [0.29, 0.717) is 18.9 Å². The molecule has 0 saturated carbocycles. The van der Waals surface area contributed by atoms with E-state index in [4.69, 9.17) is 4.74 Å². The Kier molecular flexibility index (Phi) is 5.60. The van der Waals surface area contributed by atoms with Gasteiger partial charge in [-0.2, -0.15) is 5.10 Å². The predicted molar refractivity (Wildman–Crippen MR) is 90.5 cm³/mol. The van der Waals surface area contributed by atoms with Crippen molar-refractivity contribution in [1.82, 2.24) is 15.1 Å². The van der Waals surface area contributed by atoms with Gasteiger partial charge in [0.15, 0.2) is 0 Å². The van der Waals surface area contributed by atoms with E-state index in [1.807, 2.05) is 39.7 Å². The van der Waals surface area contributed by atoms with Crippen LogP contribution in [-0.4, -0.2) is 36.5 Å². The molecule has 2 aromatic rings. The lowest BCUT2D eigenvalue weighted by Gasteiger charge is -2.18. The fraction of sp³-hybridized carbons (Fsp3) is 0.471. The van der Waals surface area contributed by atoms with Gasteiger partial charge >= 0.3 is 0 Å². The zero-order valence-electron chi connectivity index (χ0n) is 14.4. The third kappa shape index (κ3) is 4.45. The maximum Gasteiger partial charge on any atom is 0.130 e. The first-order valence-electron chi connectivity index (χ1n) is 7.70. The minimum absolute atomic E-state index is 0.132. The number of nitrogens with one attached hydrogen (secondary N) is 1. The van der Waals surface area contributed by atoms with Gasteiger partial charge in [0.05, 0.1) is 5.69 Å². The lowest BCUT2D eigenvalue weighted by molar-refractivity contribution is 0.271. The summed E-state index contributed by atoms with van der Waals surface area (Å²) < 4.78 is 20.6. The molecule has 0 bridgehead atoms. The van der Waals surface area contributed by atoms with Gasteiger partial charge in [-0.3, -0.25) is 4.68 Å². The molecule has 0 amide bonds. The Morgan fingerprint density at radius 3 is 2.78 bits per heavy atom. The van der Waals surface area contributed by atoms with Gasteiger partial charge in [0.1, 0.15) is 24.0 Å². The van der Waals surface area contributed by atoms with Gasteiger partial charge < -0.3 is 15.0 Å². The molecule has 126 valence electrons. The Balaban J connectivity index is 1.91. The molecule has 2 rings (SSSR count). The van der Waals surface area contributed by atoms with E-state index >= 15 is 0 Å². The molecule has 6 heteroatoms. The summed E-state index contributed by atoms with van der Waals surface area (Å²) in [5.41, 5.74) is 2.19. The lowest BCUT2D eigenvalue weighted by Crippen LogP contribution is -2.32. The molecule has 5 nitrogen and oxygen atoms in total. The van der Waals surface area contributed by atoms with Crippen LogP contribution in [0.1, 0.15) is 18.2 Å². The van der Waals surface area contributed by atoms with Crippen molar-refractivity contribution in [3.05, 3.63) is 41.3 Å². The quantitative estimate of drug-likeness (QED) is 0.851. The van der Waals surface area contributed by atoms with Crippen molar-refractivity contribution in [2.75, 3.05) is 25.6 Å². The highest BCUT2D eigenvalue weighted by Crippen LogP contribution is 2.21. The fourth-order valence-electron chi connectivity index (χ4n) is 2.57. The molecule has 0 unspecified atom stereocenters. The maximum atomic E-state index is 13.1. The molecule has 1 aromatic heterocycles. The number of hydrogen-bond donors (Lipinski definition) is 1. The van der Waals surface area contributed by atoms with Crippen molar-refractivity contribution in [2.24, 2.45) is 7.05 Å². The Labute approximate surface area is 137 Å². The van der Waals surface area contributed by atoms with Gasteiger partial charge in [0.2, 0.25) is 0 Å². The molecule has 23 heavy (non-hydrogen) atoms. The number of anilines is 1. The number of hydrogen-bond acceptors (Lipinski definition) is 4. The highest BCUT2D eigenvalue weighted by atomic mass is 19.1. The summed E-state index contributed by atoms with van der Waals surface area (Å²) in [4.78, 5) is 2.06. The van der Waals surface area contributed by atoms with Crippen molar-refractivity contribution in [3.63, 3.8) is 0 Å². The smallest absolute Gasteiger partial charge is 0.130 e. The van der Waals surface area contributed by atoms with E-state index < -0.39 is 0 Å². The molecular weight excluding hydrogens is 295 g/mol. The number of rotatable bonds is 7. The molecule has 0 aliphatic heterocycles. The number of aryl methyl sites for hydroxylation is 2. The first-order chi connectivity index (χ1) is 10.9. The molecule has 1 heterocycles. The van der Waals surface area contributed by atoms with Crippen LogP contribution in [0.15, 0.2) is 24.3 Å². The van der Waals surface area contributed by atoms with Crippen LogP contribution in [-0.2, 0) is 13.6 Å². The van der Waals surface area contributed by atoms with E-state index in [-0.39, 0.29) is 11.9 Å². The molecule has 0 saturated heterocycles. The van der Waals surface area contributed by atoms with Gasteiger partial charge in [-0.15, -0.1) is 0 Å². The van der Waals surface area contributed by atoms with Crippen molar-refractivity contribution >= 4 is 5.82 Å². The molecule has 1 atom stereocenters. The summed E-state index contributed by atoms with van der Waals surface area (Å²) in [7, 11) is 5.97. The Hall–Kier alpha value is -2.08. The Morgan fingerprint density at radius 1 is 1.39 bits per heavy atom. The Bertz CT molecular complexity index is 654. The number of aromatic nitrogens is 2. The van der Waals surface area contributed by atoms with E-state index in [0.717, 1.165) is 11.5 Å². The molecular formula is C17H25FN4O. The molecule has 1 aromatic carbocycles. The second-order valence-electron chi connectivity index (χ2n) is 5.96. The number of ether oxygens (including phenoxy) is 1. The number of halogens is 1. The predicted octanol–water partition coefficient (Wildman–Crippen LogP) is 2.49. The van der Waals surface area contributed by atoms with Crippen molar-refractivity contribution in [1.29, 1.82) is 0 Å². The van der Waals surface area contributed by atoms with Gasteiger partial charge in [-0.25, -0.2) is 4.39 Å². The standard InChI is InChI=1S/C17H25FN4O/c1-12(11-23-15-8-6-7-14(18)9-15)19-10-16-13(2)20-22(5)17(16)21(3)4/h6-9,12,19H,10-11H2,1-5H3/t12-/m1/s1. The molecule has 0 spiro atoms. The largest absolute Gasteiger partial charge is 0.492 e. The van der Waals surface area contributed by atoms with E-state index in [1.54, 1.807) is 12.1 Å². The second-order valence-corrected chi connectivity index (χ2v) is 5.96. The summed E-state index contributed by atoms with van der Waals surface area (Å²) in [6.07, 6.45) is 0. The molecule has 0 aliphatic carbocycles. The van der Waals surface area contributed by atoms with E-state index in [1.165, 1.54) is 17.7 Å². The summed E-state index contributed by atoms with van der Waals surface area (Å²) in [6, 6.07) is 6.33. The first kappa shape index (κ1) is 17.3. The van der Waals surface area contributed by atoms with Crippen LogP contribution in [0.5, 0.6) is 5.75 Å². The van der Waals surface area contributed by atoms with Crippen LogP contribution in [0.25, 0.3) is 0 Å². The highest BCUT2D eigenvalue weighted by Gasteiger charge is 2.15. The normalized spacial score (nSPS) is 12.3. The van der Waals surface area contributed by atoms with Crippen LogP contribution < -0.4 is 15.0 Å². The fourth-order valence-corrected chi connectivity index (χ4v) is 2.57. The SMILES string of the molecule is Cc1nn(C)c(N(C)C)c1CN[C@H](C)COc1cccc(F)c1. The zero-order chi connectivity index (χ0) is 17.0.